The zero-order chi connectivity index (χ0) is 23.1. The summed E-state index contributed by atoms with van der Waals surface area (Å²) in [5.74, 6) is 0.293. The third-order valence-corrected chi connectivity index (χ3v) is 7.69. The molecule has 8 nitrogen and oxygen atoms in total. The highest BCUT2D eigenvalue weighted by Gasteiger charge is 2.22. The van der Waals surface area contributed by atoms with Crippen molar-refractivity contribution >= 4 is 27.7 Å². The second kappa shape index (κ2) is 10.8. The van der Waals surface area contributed by atoms with Crippen LogP contribution >= 0.6 is 11.8 Å². The third-order valence-electron chi connectivity index (χ3n) is 4.84. The standard InChI is InChI=1S/C22H26N4O4S2/c1-4-26(5-2)32(28,29)19-13-9-12-18(14-19)21-23-24-22(30-21)31-16-20(27)25(3)15-17-10-7-6-8-11-17/h6-14H,4-5,15-16H2,1-3H3. The summed E-state index contributed by atoms with van der Waals surface area (Å²) in [5, 5.41) is 8.25. The van der Waals surface area contributed by atoms with Crippen molar-refractivity contribution in [2.75, 3.05) is 25.9 Å². The summed E-state index contributed by atoms with van der Waals surface area (Å²) >= 11 is 1.15. The monoisotopic (exact) mass is 474 g/mol. The molecule has 0 fully saturated rings. The summed E-state index contributed by atoms with van der Waals surface area (Å²) in [5.41, 5.74) is 1.55. The Bertz CT molecular complexity index is 1150. The molecular formula is C22H26N4O4S2. The SMILES string of the molecule is CCN(CC)S(=O)(=O)c1cccc(-c2nnc(SCC(=O)N(C)Cc3ccccc3)o2)c1. The number of rotatable bonds is 10. The minimum absolute atomic E-state index is 0.0640. The third kappa shape index (κ3) is 5.76. The highest BCUT2D eigenvalue weighted by molar-refractivity contribution is 7.99. The minimum atomic E-state index is -3.59. The van der Waals surface area contributed by atoms with E-state index in [1.54, 1.807) is 44.0 Å². The van der Waals surface area contributed by atoms with E-state index in [0.29, 0.717) is 25.2 Å². The normalized spacial score (nSPS) is 11.6. The Morgan fingerprint density at radius 2 is 1.75 bits per heavy atom. The molecule has 3 aromatic rings. The number of aromatic nitrogens is 2. The van der Waals surface area contributed by atoms with Crippen molar-refractivity contribution in [3.8, 4) is 11.5 Å². The second-order valence-electron chi connectivity index (χ2n) is 7.01. The summed E-state index contributed by atoms with van der Waals surface area (Å²) in [4.78, 5) is 14.2. The van der Waals surface area contributed by atoms with Crippen LogP contribution < -0.4 is 0 Å². The van der Waals surface area contributed by atoms with Crippen molar-refractivity contribution in [1.29, 1.82) is 0 Å². The summed E-state index contributed by atoms with van der Waals surface area (Å²) in [6, 6.07) is 16.2. The van der Waals surface area contributed by atoms with Crippen LogP contribution in [0.25, 0.3) is 11.5 Å². The first-order chi connectivity index (χ1) is 15.3. The summed E-state index contributed by atoms with van der Waals surface area (Å²) in [6.45, 7) is 4.88. The van der Waals surface area contributed by atoms with Gasteiger partial charge in [0.1, 0.15) is 0 Å². The smallest absolute Gasteiger partial charge is 0.277 e. The molecule has 0 atom stereocenters. The minimum Gasteiger partial charge on any atom is -0.411 e. The molecule has 0 aliphatic carbocycles. The molecule has 2 aromatic carbocycles. The first-order valence-corrected chi connectivity index (χ1v) is 12.6. The lowest BCUT2D eigenvalue weighted by atomic mass is 10.2. The van der Waals surface area contributed by atoms with E-state index in [1.165, 1.54) is 10.4 Å². The number of carbonyl (C=O) groups excluding carboxylic acids is 1. The molecule has 1 heterocycles. The van der Waals surface area contributed by atoms with E-state index in [4.69, 9.17) is 4.42 Å². The predicted octanol–water partition coefficient (Wildman–Crippen LogP) is 3.52. The molecule has 10 heteroatoms. The maximum Gasteiger partial charge on any atom is 0.277 e. The Morgan fingerprint density at radius 1 is 1.03 bits per heavy atom. The first kappa shape index (κ1) is 24.0. The van der Waals surface area contributed by atoms with Gasteiger partial charge in [0.05, 0.1) is 10.6 Å². The van der Waals surface area contributed by atoms with E-state index in [0.717, 1.165) is 17.3 Å². The molecule has 1 amide bonds. The predicted molar refractivity (Wildman–Crippen MR) is 123 cm³/mol. The van der Waals surface area contributed by atoms with Gasteiger partial charge in [-0.15, -0.1) is 10.2 Å². The molecule has 32 heavy (non-hydrogen) atoms. The lowest BCUT2D eigenvalue weighted by Gasteiger charge is -2.18. The maximum atomic E-state index is 12.8. The van der Waals surface area contributed by atoms with Crippen LogP contribution in [0.5, 0.6) is 0 Å². The zero-order valence-corrected chi connectivity index (χ0v) is 19.9. The first-order valence-electron chi connectivity index (χ1n) is 10.2. The number of nitrogens with zero attached hydrogens (tertiary/aromatic N) is 4. The molecular weight excluding hydrogens is 448 g/mol. The molecule has 0 N–H and O–H groups in total. The largest absolute Gasteiger partial charge is 0.411 e. The number of carbonyl (C=O) groups is 1. The lowest BCUT2D eigenvalue weighted by Crippen LogP contribution is -2.30. The number of hydrogen-bond acceptors (Lipinski definition) is 7. The van der Waals surface area contributed by atoms with Gasteiger partial charge in [0.15, 0.2) is 0 Å². The fourth-order valence-corrected chi connectivity index (χ4v) is 5.27. The average Bonchev–Trinajstić information content (AvgIpc) is 3.28. The second-order valence-corrected chi connectivity index (χ2v) is 9.88. The maximum absolute atomic E-state index is 12.8. The van der Waals surface area contributed by atoms with Gasteiger partial charge in [-0.1, -0.05) is 62.0 Å². The number of thioether (sulfide) groups is 1. The van der Waals surface area contributed by atoms with E-state index in [1.807, 2.05) is 30.3 Å². The van der Waals surface area contributed by atoms with Crippen LogP contribution in [0.15, 0.2) is 69.1 Å². The van der Waals surface area contributed by atoms with Crippen LogP contribution in [-0.2, 0) is 21.4 Å². The van der Waals surface area contributed by atoms with Crippen molar-refractivity contribution in [2.45, 2.75) is 30.5 Å². The molecule has 0 radical (unpaired) electrons. The van der Waals surface area contributed by atoms with Crippen molar-refractivity contribution in [3.63, 3.8) is 0 Å². The van der Waals surface area contributed by atoms with Crippen molar-refractivity contribution in [3.05, 3.63) is 60.2 Å². The van der Waals surface area contributed by atoms with E-state index >= 15 is 0 Å². The summed E-state index contributed by atoms with van der Waals surface area (Å²) in [7, 11) is -1.85. The molecule has 0 bridgehead atoms. The van der Waals surface area contributed by atoms with Gasteiger partial charge in [-0.25, -0.2) is 8.42 Å². The Kier molecular flexibility index (Phi) is 8.05. The van der Waals surface area contributed by atoms with Gasteiger partial charge in [-0.3, -0.25) is 4.79 Å². The summed E-state index contributed by atoms with van der Waals surface area (Å²) in [6.07, 6.45) is 0. The molecule has 0 saturated heterocycles. The van der Waals surface area contributed by atoms with Crippen molar-refractivity contribution < 1.29 is 17.6 Å². The van der Waals surface area contributed by atoms with E-state index in [-0.39, 0.29) is 27.7 Å². The lowest BCUT2D eigenvalue weighted by molar-refractivity contribution is -0.127. The molecule has 170 valence electrons. The van der Waals surface area contributed by atoms with Gasteiger partial charge in [-0.05, 0) is 23.8 Å². The molecule has 0 saturated carbocycles. The van der Waals surface area contributed by atoms with E-state index in [9.17, 15) is 13.2 Å². The van der Waals surface area contributed by atoms with Crippen LogP contribution in [0.4, 0.5) is 0 Å². The quantitative estimate of drug-likeness (QED) is 0.415. The zero-order valence-electron chi connectivity index (χ0n) is 18.3. The molecule has 0 aliphatic heterocycles. The van der Waals surface area contributed by atoms with Gasteiger partial charge in [0.2, 0.25) is 21.8 Å². The Morgan fingerprint density at radius 3 is 2.44 bits per heavy atom. The average molecular weight is 475 g/mol. The Labute approximate surface area is 192 Å². The van der Waals surface area contributed by atoms with E-state index in [2.05, 4.69) is 10.2 Å². The number of sulfonamides is 1. The summed E-state index contributed by atoms with van der Waals surface area (Å²) < 4.78 is 32.6. The Balaban J connectivity index is 1.65. The van der Waals surface area contributed by atoms with E-state index < -0.39 is 10.0 Å². The molecule has 0 aliphatic rings. The fourth-order valence-electron chi connectivity index (χ4n) is 3.07. The molecule has 0 spiro atoms. The van der Waals surface area contributed by atoms with Gasteiger partial charge < -0.3 is 9.32 Å². The van der Waals surface area contributed by atoms with Crippen molar-refractivity contribution in [1.82, 2.24) is 19.4 Å². The Hall–Kier alpha value is -2.69. The molecule has 1 aromatic heterocycles. The number of amides is 1. The number of benzene rings is 2. The van der Waals surface area contributed by atoms with Gasteiger partial charge in [0, 0.05) is 32.2 Å². The van der Waals surface area contributed by atoms with Crippen LogP contribution in [-0.4, -0.2) is 59.6 Å². The highest BCUT2D eigenvalue weighted by Crippen LogP contribution is 2.26. The van der Waals surface area contributed by atoms with Crippen molar-refractivity contribution in [2.24, 2.45) is 0 Å². The van der Waals surface area contributed by atoms with Crippen LogP contribution in [0.2, 0.25) is 0 Å². The molecule has 3 rings (SSSR count). The highest BCUT2D eigenvalue weighted by atomic mass is 32.2. The molecule has 0 unspecified atom stereocenters. The van der Waals surface area contributed by atoms with Gasteiger partial charge in [-0.2, -0.15) is 4.31 Å². The van der Waals surface area contributed by atoms with Crippen LogP contribution in [0, 0.1) is 0 Å². The number of hydrogen-bond donors (Lipinski definition) is 0. The van der Waals surface area contributed by atoms with Gasteiger partial charge in [0.25, 0.3) is 5.22 Å². The topological polar surface area (TPSA) is 96.6 Å². The van der Waals surface area contributed by atoms with Crippen LogP contribution in [0.3, 0.4) is 0 Å². The van der Waals surface area contributed by atoms with Gasteiger partial charge >= 0.3 is 0 Å². The van der Waals surface area contributed by atoms with Crippen LogP contribution in [0.1, 0.15) is 19.4 Å². The fraction of sp³-hybridized carbons (Fsp3) is 0.318.